The van der Waals surface area contributed by atoms with Crippen molar-refractivity contribution in [3.8, 4) is 5.75 Å². The third-order valence-corrected chi connectivity index (χ3v) is 5.28. The maximum atomic E-state index is 11.2. The van der Waals surface area contributed by atoms with Crippen LogP contribution in [0.2, 0.25) is 0 Å². The molecule has 29 heavy (non-hydrogen) atoms. The number of hydrogen-bond acceptors (Lipinski definition) is 3. The molecule has 0 aliphatic carbocycles. The first-order valence-corrected chi connectivity index (χ1v) is 9.88. The predicted octanol–water partition coefficient (Wildman–Crippen LogP) is 5.89. The van der Waals surface area contributed by atoms with E-state index in [0.717, 1.165) is 44.1 Å². The van der Waals surface area contributed by atoms with Crippen LogP contribution in [0.3, 0.4) is 0 Å². The van der Waals surface area contributed by atoms with E-state index in [2.05, 4.69) is 36.5 Å². The molecular formula is C25H21NO2S. The topological polar surface area (TPSA) is 38.3 Å². The lowest BCUT2D eigenvalue weighted by Crippen LogP contribution is -2.23. The lowest BCUT2D eigenvalue weighted by Gasteiger charge is -2.30. The van der Waals surface area contributed by atoms with E-state index in [1.165, 1.54) is 6.92 Å². The van der Waals surface area contributed by atoms with E-state index in [9.17, 15) is 4.79 Å². The summed E-state index contributed by atoms with van der Waals surface area (Å²) in [5.41, 5.74) is 5.87. The van der Waals surface area contributed by atoms with Crippen LogP contribution in [0.25, 0.3) is 6.08 Å². The number of nitrogens with one attached hydrogen (secondary N) is 1. The molecule has 4 heteroatoms. The standard InChI is InChI=1S/C25H21NO2S/c1-16-8-13-23-21(14-16)25(29)22(24(28-23)19-6-4-3-5-7-19)15-18-9-11-20(12-10-18)26-17(2)27/h3-15,24H,1-2H3,(H,26,27). The third-order valence-electron chi connectivity index (χ3n) is 4.82. The van der Waals surface area contributed by atoms with Crippen molar-refractivity contribution in [2.24, 2.45) is 0 Å². The van der Waals surface area contributed by atoms with E-state index < -0.39 is 0 Å². The summed E-state index contributed by atoms with van der Waals surface area (Å²) in [7, 11) is 0. The summed E-state index contributed by atoms with van der Waals surface area (Å²) >= 11 is 5.90. The van der Waals surface area contributed by atoms with Crippen LogP contribution in [0.5, 0.6) is 5.75 Å². The molecule has 1 aliphatic heterocycles. The van der Waals surface area contributed by atoms with Crippen molar-refractivity contribution < 1.29 is 9.53 Å². The molecule has 0 spiro atoms. The Balaban J connectivity index is 1.77. The fourth-order valence-corrected chi connectivity index (χ4v) is 3.78. The van der Waals surface area contributed by atoms with Crippen molar-refractivity contribution in [3.05, 3.63) is 101 Å². The van der Waals surface area contributed by atoms with Crippen LogP contribution < -0.4 is 10.1 Å². The van der Waals surface area contributed by atoms with E-state index in [4.69, 9.17) is 17.0 Å². The highest BCUT2D eigenvalue weighted by molar-refractivity contribution is 7.81. The van der Waals surface area contributed by atoms with Gasteiger partial charge in [-0.05, 0) is 48.4 Å². The predicted molar refractivity (Wildman–Crippen MR) is 121 cm³/mol. The number of hydrogen-bond donors (Lipinski definition) is 1. The van der Waals surface area contributed by atoms with Gasteiger partial charge in [-0.15, -0.1) is 0 Å². The molecule has 0 radical (unpaired) electrons. The van der Waals surface area contributed by atoms with Gasteiger partial charge in [0.1, 0.15) is 5.75 Å². The van der Waals surface area contributed by atoms with Crippen molar-refractivity contribution in [1.82, 2.24) is 0 Å². The number of anilines is 1. The smallest absolute Gasteiger partial charge is 0.221 e. The number of rotatable bonds is 3. The van der Waals surface area contributed by atoms with Crippen molar-refractivity contribution >= 4 is 34.8 Å². The number of aryl methyl sites for hydroxylation is 1. The Hall–Kier alpha value is -3.24. The highest BCUT2D eigenvalue weighted by atomic mass is 32.1. The average molecular weight is 400 g/mol. The van der Waals surface area contributed by atoms with E-state index >= 15 is 0 Å². The molecule has 144 valence electrons. The Bertz CT molecular complexity index is 1100. The van der Waals surface area contributed by atoms with E-state index in [1.807, 2.05) is 54.6 Å². The van der Waals surface area contributed by atoms with Crippen molar-refractivity contribution in [1.29, 1.82) is 0 Å². The Morgan fingerprint density at radius 3 is 2.45 bits per heavy atom. The highest BCUT2D eigenvalue weighted by Crippen LogP contribution is 2.40. The van der Waals surface area contributed by atoms with Crippen LogP contribution in [-0.4, -0.2) is 10.8 Å². The molecule has 1 unspecified atom stereocenters. The third kappa shape index (κ3) is 4.13. The maximum Gasteiger partial charge on any atom is 0.221 e. The SMILES string of the molecule is CC(=O)Nc1ccc(C=C2C(=S)c3cc(C)ccc3OC2c2ccccc2)cc1. The summed E-state index contributed by atoms with van der Waals surface area (Å²) in [6, 6.07) is 23.9. The van der Waals surface area contributed by atoms with Gasteiger partial charge in [-0.25, -0.2) is 0 Å². The van der Waals surface area contributed by atoms with Crippen LogP contribution in [0.1, 0.15) is 35.3 Å². The van der Waals surface area contributed by atoms with Crippen LogP contribution in [0.4, 0.5) is 5.69 Å². The monoisotopic (exact) mass is 399 g/mol. The zero-order valence-corrected chi connectivity index (χ0v) is 17.1. The molecule has 0 bridgehead atoms. The second-order valence-corrected chi connectivity index (χ2v) is 7.55. The van der Waals surface area contributed by atoms with Gasteiger partial charge in [0.25, 0.3) is 0 Å². The zero-order valence-electron chi connectivity index (χ0n) is 16.3. The quantitative estimate of drug-likeness (QED) is 0.441. The fourth-order valence-electron chi connectivity index (χ4n) is 3.45. The van der Waals surface area contributed by atoms with Crippen molar-refractivity contribution in [2.75, 3.05) is 5.32 Å². The van der Waals surface area contributed by atoms with Crippen LogP contribution in [0.15, 0.2) is 78.4 Å². The minimum atomic E-state index is -0.270. The first-order chi connectivity index (χ1) is 14.0. The normalized spacial score (nSPS) is 16.8. The minimum Gasteiger partial charge on any atom is -0.480 e. The van der Waals surface area contributed by atoms with Crippen molar-refractivity contribution in [3.63, 3.8) is 0 Å². The number of amides is 1. The first-order valence-electron chi connectivity index (χ1n) is 9.47. The van der Waals surface area contributed by atoms with Gasteiger partial charge in [-0.2, -0.15) is 0 Å². The first kappa shape index (κ1) is 19.1. The van der Waals surface area contributed by atoms with Gasteiger partial charge >= 0.3 is 0 Å². The average Bonchev–Trinajstić information content (AvgIpc) is 2.72. The molecule has 3 aromatic rings. The summed E-state index contributed by atoms with van der Waals surface area (Å²) in [4.78, 5) is 12.0. The Labute approximate surface area is 176 Å². The number of thiocarbonyl (C=S) groups is 1. The molecule has 0 aromatic heterocycles. The molecule has 3 nitrogen and oxygen atoms in total. The van der Waals surface area contributed by atoms with Gasteiger partial charge in [0.15, 0.2) is 6.10 Å². The second kappa shape index (κ2) is 8.02. The van der Waals surface area contributed by atoms with E-state index in [0.29, 0.717) is 0 Å². The Kier molecular flexibility index (Phi) is 5.28. The Morgan fingerprint density at radius 1 is 1.03 bits per heavy atom. The molecule has 1 aliphatic rings. The molecule has 1 N–H and O–H groups in total. The molecule has 1 heterocycles. The number of benzene rings is 3. The van der Waals surface area contributed by atoms with Crippen LogP contribution >= 0.6 is 12.2 Å². The summed E-state index contributed by atoms with van der Waals surface area (Å²) in [5.74, 6) is 0.724. The van der Waals surface area contributed by atoms with Gasteiger partial charge in [-0.1, -0.05) is 66.3 Å². The van der Waals surface area contributed by atoms with Gasteiger partial charge < -0.3 is 10.1 Å². The highest BCUT2D eigenvalue weighted by Gasteiger charge is 2.30. The van der Waals surface area contributed by atoms with Gasteiger partial charge in [-0.3, -0.25) is 4.79 Å². The van der Waals surface area contributed by atoms with E-state index in [1.54, 1.807) is 0 Å². The molecular weight excluding hydrogens is 378 g/mol. The molecule has 1 amide bonds. The summed E-state index contributed by atoms with van der Waals surface area (Å²) in [5, 5.41) is 2.79. The fraction of sp³-hybridized carbons (Fsp3) is 0.120. The van der Waals surface area contributed by atoms with Crippen molar-refractivity contribution in [2.45, 2.75) is 20.0 Å². The van der Waals surface area contributed by atoms with Gasteiger partial charge in [0, 0.05) is 23.7 Å². The van der Waals surface area contributed by atoms with E-state index in [-0.39, 0.29) is 12.0 Å². The summed E-state index contributed by atoms with van der Waals surface area (Å²) < 4.78 is 6.39. The molecule has 1 atom stereocenters. The zero-order chi connectivity index (χ0) is 20.4. The maximum absolute atomic E-state index is 11.2. The molecule has 0 saturated carbocycles. The lowest BCUT2D eigenvalue weighted by atomic mass is 9.90. The largest absolute Gasteiger partial charge is 0.480 e. The minimum absolute atomic E-state index is 0.0888. The molecule has 4 rings (SSSR count). The number of fused-ring (bicyclic) bond motifs is 1. The Morgan fingerprint density at radius 2 is 1.76 bits per heavy atom. The summed E-state index contributed by atoms with van der Waals surface area (Å²) in [6.07, 6.45) is 1.80. The molecule has 0 fully saturated rings. The van der Waals surface area contributed by atoms with Gasteiger partial charge in [0.2, 0.25) is 5.91 Å². The van der Waals surface area contributed by atoms with Crippen LogP contribution in [-0.2, 0) is 4.79 Å². The molecule has 3 aromatic carbocycles. The lowest BCUT2D eigenvalue weighted by molar-refractivity contribution is -0.114. The number of carbonyl (C=O) groups excluding carboxylic acids is 1. The second-order valence-electron chi connectivity index (χ2n) is 7.14. The number of carbonyl (C=O) groups is 1. The molecule has 0 saturated heterocycles. The number of ether oxygens (including phenoxy) is 1. The summed E-state index contributed by atoms with van der Waals surface area (Å²) in [6.45, 7) is 3.55. The van der Waals surface area contributed by atoms with Gasteiger partial charge in [0.05, 0.1) is 4.86 Å². The van der Waals surface area contributed by atoms with Crippen LogP contribution in [0, 0.1) is 6.92 Å².